The number of amides is 1. The molecule has 142 valence electrons. The van der Waals surface area contributed by atoms with Gasteiger partial charge in [-0.25, -0.2) is 0 Å². The first-order valence-electron chi connectivity index (χ1n) is 8.87. The van der Waals surface area contributed by atoms with Crippen molar-refractivity contribution >= 4 is 5.91 Å². The van der Waals surface area contributed by atoms with Crippen LogP contribution in [0.4, 0.5) is 13.2 Å². The lowest BCUT2D eigenvalue weighted by molar-refractivity contribution is -0.137. The molecule has 1 amide bonds. The van der Waals surface area contributed by atoms with E-state index in [1.165, 1.54) is 12.3 Å². The number of alkyl halides is 3. The highest BCUT2D eigenvalue weighted by Crippen LogP contribution is 2.39. The Balaban J connectivity index is 1.52. The summed E-state index contributed by atoms with van der Waals surface area (Å²) in [6.45, 7) is 2.73. The maximum Gasteiger partial charge on any atom is 0.416 e. The molecule has 1 spiro atoms. The molecule has 0 N–H and O–H groups in total. The van der Waals surface area contributed by atoms with E-state index in [1.807, 2.05) is 0 Å². The van der Waals surface area contributed by atoms with E-state index in [4.69, 9.17) is 4.74 Å². The van der Waals surface area contributed by atoms with Crippen LogP contribution in [0.25, 0.3) is 11.1 Å². The van der Waals surface area contributed by atoms with Crippen LogP contribution in [0.5, 0.6) is 0 Å². The number of hydrogen-bond acceptors (Lipinski definition) is 3. The molecule has 0 atom stereocenters. The number of aromatic nitrogens is 1. The van der Waals surface area contributed by atoms with Crippen molar-refractivity contribution in [3.8, 4) is 11.1 Å². The summed E-state index contributed by atoms with van der Waals surface area (Å²) in [6, 6.07) is 8.24. The van der Waals surface area contributed by atoms with Gasteiger partial charge in [0.1, 0.15) is 5.69 Å². The summed E-state index contributed by atoms with van der Waals surface area (Å²) in [4.78, 5) is 18.6. The van der Waals surface area contributed by atoms with Gasteiger partial charge in [0.15, 0.2) is 0 Å². The minimum Gasteiger partial charge on any atom is -0.381 e. The van der Waals surface area contributed by atoms with Crippen LogP contribution in [0, 0.1) is 5.41 Å². The average Bonchev–Trinajstić information content (AvgIpc) is 2.66. The van der Waals surface area contributed by atoms with E-state index in [0.29, 0.717) is 30.8 Å². The van der Waals surface area contributed by atoms with Crippen LogP contribution in [0.3, 0.4) is 0 Å². The maximum atomic E-state index is 12.9. The zero-order valence-electron chi connectivity index (χ0n) is 14.6. The summed E-state index contributed by atoms with van der Waals surface area (Å²) in [7, 11) is 0. The molecule has 7 heteroatoms. The molecule has 0 saturated carbocycles. The first kappa shape index (κ1) is 18.0. The molecule has 3 heterocycles. The molecule has 2 aliphatic rings. The summed E-state index contributed by atoms with van der Waals surface area (Å²) < 4.78 is 44.4. The molecule has 4 nitrogen and oxygen atoms in total. The topological polar surface area (TPSA) is 42.4 Å². The summed E-state index contributed by atoms with van der Waals surface area (Å²) in [5, 5.41) is 0. The normalized spacial score (nSPS) is 19.0. The van der Waals surface area contributed by atoms with Crippen LogP contribution in [0.1, 0.15) is 28.9 Å². The third kappa shape index (κ3) is 3.56. The standard InChI is InChI=1S/C20H19F3N2O2/c21-20(22,23)16-4-1-3-14(9-16)15-5-7-24-17(10-15)18(26)25-11-19(12-25)6-2-8-27-13-19/h1,3-5,7,9-10H,2,6,8,11-13H2. The highest BCUT2D eigenvalue weighted by molar-refractivity contribution is 5.94. The molecule has 2 aromatic rings. The Bertz CT molecular complexity index is 852. The Morgan fingerprint density at radius 2 is 1.93 bits per heavy atom. The number of pyridine rings is 1. The second kappa shape index (κ2) is 6.64. The van der Waals surface area contributed by atoms with Gasteiger partial charge in [-0.15, -0.1) is 0 Å². The Labute approximate surface area is 155 Å². The summed E-state index contributed by atoms with van der Waals surface area (Å²) >= 11 is 0. The van der Waals surface area contributed by atoms with Crippen molar-refractivity contribution in [2.75, 3.05) is 26.3 Å². The molecule has 27 heavy (non-hydrogen) atoms. The lowest BCUT2D eigenvalue weighted by atomic mass is 9.75. The highest BCUT2D eigenvalue weighted by atomic mass is 19.4. The smallest absolute Gasteiger partial charge is 0.381 e. The van der Waals surface area contributed by atoms with Gasteiger partial charge in [0.25, 0.3) is 5.91 Å². The van der Waals surface area contributed by atoms with Gasteiger partial charge in [-0.3, -0.25) is 9.78 Å². The fraction of sp³-hybridized carbons (Fsp3) is 0.400. The van der Waals surface area contributed by atoms with Crippen LogP contribution in [0.15, 0.2) is 42.6 Å². The van der Waals surface area contributed by atoms with E-state index in [9.17, 15) is 18.0 Å². The van der Waals surface area contributed by atoms with Crippen molar-refractivity contribution in [2.24, 2.45) is 5.41 Å². The second-order valence-electron chi connectivity index (χ2n) is 7.33. The SMILES string of the molecule is O=C(c1cc(-c2cccc(C(F)(F)F)c2)ccn1)N1CC2(CCCOC2)C1. The van der Waals surface area contributed by atoms with Crippen molar-refractivity contribution in [3.05, 3.63) is 53.9 Å². The molecule has 0 aliphatic carbocycles. The number of carbonyl (C=O) groups excluding carboxylic acids is 1. The van der Waals surface area contributed by atoms with Crippen molar-refractivity contribution < 1.29 is 22.7 Å². The second-order valence-corrected chi connectivity index (χ2v) is 7.33. The molecular formula is C20H19F3N2O2. The molecule has 2 fully saturated rings. The molecule has 1 aromatic carbocycles. The van der Waals surface area contributed by atoms with E-state index in [2.05, 4.69) is 4.98 Å². The molecule has 4 rings (SSSR count). The van der Waals surface area contributed by atoms with Gasteiger partial charge in [-0.2, -0.15) is 13.2 Å². The van der Waals surface area contributed by atoms with Gasteiger partial charge in [0.05, 0.1) is 12.2 Å². The largest absolute Gasteiger partial charge is 0.416 e. The number of hydrogen-bond donors (Lipinski definition) is 0. The lowest BCUT2D eigenvalue weighted by Gasteiger charge is -2.51. The number of likely N-dealkylation sites (tertiary alicyclic amines) is 1. The number of nitrogens with zero attached hydrogens (tertiary/aromatic N) is 2. The van der Waals surface area contributed by atoms with Crippen LogP contribution in [-0.2, 0) is 10.9 Å². The zero-order chi connectivity index (χ0) is 19.1. The first-order chi connectivity index (χ1) is 12.9. The highest BCUT2D eigenvalue weighted by Gasteiger charge is 2.46. The Kier molecular flexibility index (Phi) is 4.42. The number of ether oxygens (including phenoxy) is 1. The van der Waals surface area contributed by atoms with Crippen LogP contribution in [-0.4, -0.2) is 42.1 Å². The minimum atomic E-state index is -4.41. The Morgan fingerprint density at radius 1 is 1.15 bits per heavy atom. The first-order valence-corrected chi connectivity index (χ1v) is 8.87. The van der Waals surface area contributed by atoms with Gasteiger partial charge in [-0.05, 0) is 48.2 Å². The van der Waals surface area contributed by atoms with Crippen molar-refractivity contribution in [3.63, 3.8) is 0 Å². The van der Waals surface area contributed by atoms with E-state index >= 15 is 0 Å². The summed E-state index contributed by atoms with van der Waals surface area (Å²) in [6.07, 6.45) is -0.891. The maximum absolute atomic E-state index is 12.9. The fourth-order valence-electron chi connectivity index (χ4n) is 3.83. The summed E-state index contributed by atoms with van der Waals surface area (Å²) in [5.74, 6) is -0.194. The Morgan fingerprint density at radius 3 is 2.63 bits per heavy atom. The van der Waals surface area contributed by atoms with Crippen molar-refractivity contribution in [2.45, 2.75) is 19.0 Å². The third-order valence-electron chi connectivity index (χ3n) is 5.25. The molecule has 2 aliphatic heterocycles. The van der Waals surface area contributed by atoms with E-state index in [-0.39, 0.29) is 17.0 Å². The third-order valence-corrected chi connectivity index (χ3v) is 5.25. The fourth-order valence-corrected chi connectivity index (χ4v) is 3.83. The summed E-state index contributed by atoms with van der Waals surface area (Å²) in [5.41, 5.74) is 0.535. The average molecular weight is 376 g/mol. The van der Waals surface area contributed by atoms with Gasteiger partial charge in [0.2, 0.25) is 0 Å². The van der Waals surface area contributed by atoms with Crippen molar-refractivity contribution in [1.29, 1.82) is 0 Å². The monoisotopic (exact) mass is 376 g/mol. The molecule has 0 bridgehead atoms. The molecular weight excluding hydrogens is 357 g/mol. The quantitative estimate of drug-likeness (QED) is 0.795. The van der Waals surface area contributed by atoms with Gasteiger partial charge in [0, 0.05) is 31.3 Å². The number of rotatable bonds is 2. The predicted octanol–water partition coefficient (Wildman–Crippen LogP) is 4.02. The lowest BCUT2D eigenvalue weighted by Crippen LogP contribution is -2.61. The number of benzene rings is 1. The van der Waals surface area contributed by atoms with Crippen LogP contribution in [0.2, 0.25) is 0 Å². The Hall–Kier alpha value is -2.41. The van der Waals surface area contributed by atoms with Crippen LogP contribution < -0.4 is 0 Å². The molecule has 2 saturated heterocycles. The predicted molar refractivity (Wildman–Crippen MR) is 93.1 cm³/mol. The van der Waals surface area contributed by atoms with E-state index < -0.39 is 11.7 Å². The van der Waals surface area contributed by atoms with Crippen molar-refractivity contribution in [1.82, 2.24) is 9.88 Å². The van der Waals surface area contributed by atoms with Gasteiger partial charge >= 0.3 is 6.18 Å². The van der Waals surface area contributed by atoms with E-state index in [1.54, 1.807) is 23.1 Å². The minimum absolute atomic E-state index is 0.0621. The number of carbonyl (C=O) groups is 1. The molecule has 0 unspecified atom stereocenters. The van der Waals surface area contributed by atoms with Gasteiger partial charge < -0.3 is 9.64 Å². The zero-order valence-corrected chi connectivity index (χ0v) is 14.6. The number of halogens is 3. The molecule has 0 radical (unpaired) electrons. The van der Waals surface area contributed by atoms with Crippen LogP contribution >= 0.6 is 0 Å². The van der Waals surface area contributed by atoms with E-state index in [0.717, 1.165) is 31.6 Å². The molecule has 1 aromatic heterocycles. The van der Waals surface area contributed by atoms with Gasteiger partial charge in [-0.1, -0.05) is 12.1 Å².